The minimum absolute atomic E-state index is 0.406. The highest BCUT2D eigenvalue weighted by molar-refractivity contribution is 4.59. The minimum Gasteiger partial charge on any atom is -0.396 e. The zero-order valence-electron chi connectivity index (χ0n) is 15.0. The lowest BCUT2D eigenvalue weighted by Crippen LogP contribution is -2.06. The molecule has 1 nitrogen and oxygen atoms in total. The predicted molar refractivity (Wildman–Crippen MR) is 95.8 cm³/mol. The van der Waals surface area contributed by atoms with Crippen LogP contribution >= 0.6 is 0 Å². The van der Waals surface area contributed by atoms with Gasteiger partial charge in [0, 0.05) is 6.61 Å². The maximum absolute atomic E-state index is 9.43. The van der Waals surface area contributed by atoms with E-state index in [1.54, 1.807) is 0 Å². The second-order valence-electron chi connectivity index (χ2n) is 6.87. The Labute approximate surface area is 134 Å². The van der Waals surface area contributed by atoms with E-state index < -0.39 is 0 Å². The van der Waals surface area contributed by atoms with E-state index in [1.165, 1.54) is 103 Å². The Morgan fingerprint density at radius 2 is 0.857 bits per heavy atom. The van der Waals surface area contributed by atoms with Crippen LogP contribution in [0.3, 0.4) is 0 Å². The molecule has 0 fully saturated rings. The molecule has 1 unspecified atom stereocenters. The Morgan fingerprint density at radius 3 is 1.24 bits per heavy atom. The smallest absolute Gasteiger partial charge is 0.0459 e. The lowest BCUT2D eigenvalue weighted by atomic mass is 9.95. The van der Waals surface area contributed by atoms with Gasteiger partial charge in [-0.05, 0) is 18.8 Å². The van der Waals surface area contributed by atoms with Crippen LogP contribution in [0.2, 0.25) is 0 Å². The fraction of sp³-hybridized carbons (Fsp3) is 1.00. The Hall–Kier alpha value is -0.0400. The summed E-state index contributed by atoms with van der Waals surface area (Å²) in [7, 11) is 0. The van der Waals surface area contributed by atoms with Crippen molar-refractivity contribution < 1.29 is 5.11 Å². The maximum atomic E-state index is 9.43. The zero-order valence-corrected chi connectivity index (χ0v) is 15.0. The fourth-order valence-corrected chi connectivity index (χ4v) is 3.11. The Morgan fingerprint density at radius 1 is 0.524 bits per heavy atom. The van der Waals surface area contributed by atoms with Gasteiger partial charge in [0.05, 0.1) is 0 Å². The third-order valence-corrected chi connectivity index (χ3v) is 4.69. The van der Waals surface area contributed by atoms with Gasteiger partial charge in [0.2, 0.25) is 0 Å². The lowest BCUT2D eigenvalue weighted by molar-refractivity contribution is 0.204. The van der Waals surface area contributed by atoms with Crippen molar-refractivity contribution in [1.82, 2.24) is 0 Å². The number of hydrogen-bond donors (Lipinski definition) is 1. The maximum Gasteiger partial charge on any atom is 0.0459 e. The van der Waals surface area contributed by atoms with Crippen molar-refractivity contribution in [2.24, 2.45) is 5.92 Å². The van der Waals surface area contributed by atoms with Gasteiger partial charge in [0.1, 0.15) is 0 Å². The predicted octanol–water partition coefficient (Wildman–Crippen LogP) is 6.88. The molecule has 0 aromatic rings. The van der Waals surface area contributed by atoms with Crippen LogP contribution in [0.4, 0.5) is 0 Å². The van der Waals surface area contributed by atoms with Crippen LogP contribution in [0.25, 0.3) is 0 Å². The summed E-state index contributed by atoms with van der Waals surface area (Å²) >= 11 is 0. The number of rotatable bonds is 17. The molecular formula is C20H42O. The first-order valence-corrected chi connectivity index (χ1v) is 9.96. The summed E-state index contributed by atoms with van der Waals surface area (Å²) in [6, 6.07) is 0. The van der Waals surface area contributed by atoms with Gasteiger partial charge in [-0.25, -0.2) is 0 Å². The molecule has 0 spiro atoms. The highest BCUT2D eigenvalue weighted by atomic mass is 16.3. The molecule has 0 saturated heterocycles. The van der Waals surface area contributed by atoms with E-state index in [4.69, 9.17) is 0 Å². The van der Waals surface area contributed by atoms with E-state index in [0.29, 0.717) is 12.5 Å². The third kappa shape index (κ3) is 16.2. The van der Waals surface area contributed by atoms with Gasteiger partial charge in [-0.3, -0.25) is 0 Å². The Balaban J connectivity index is 3.23. The molecule has 0 heterocycles. The largest absolute Gasteiger partial charge is 0.396 e. The second-order valence-corrected chi connectivity index (χ2v) is 6.87. The molecule has 21 heavy (non-hydrogen) atoms. The van der Waals surface area contributed by atoms with Gasteiger partial charge in [0.15, 0.2) is 0 Å². The minimum atomic E-state index is 0.406. The van der Waals surface area contributed by atoms with Crippen molar-refractivity contribution in [3.05, 3.63) is 0 Å². The summed E-state index contributed by atoms with van der Waals surface area (Å²) in [6.45, 7) is 4.94. The van der Waals surface area contributed by atoms with Crippen molar-refractivity contribution in [1.29, 1.82) is 0 Å². The quantitative estimate of drug-likeness (QED) is 0.290. The summed E-state index contributed by atoms with van der Waals surface area (Å²) < 4.78 is 0. The van der Waals surface area contributed by atoms with Gasteiger partial charge < -0.3 is 5.11 Å². The molecule has 0 aliphatic heterocycles. The summed E-state index contributed by atoms with van der Waals surface area (Å²) in [5.41, 5.74) is 0. The zero-order chi connectivity index (χ0) is 15.6. The van der Waals surface area contributed by atoms with E-state index in [1.807, 2.05) is 0 Å². The van der Waals surface area contributed by atoms with E-state index >= 15 is 0 Å². The normalized spacial score (nSPS) is 12.7. The fourth-order valence-electron chi connectivity index (χ4n) is 3.11. The topological polar surface area (TPSA) is 20.2 Å². The summed E-state index contributed by atoms with van der Waals surface area (Å²) in [5, 5.41) is 9.43. The third-order valence-electron chi connectivity index (χ3n) is 4.69. The summed E-state index contributed by atoms with van der Waals surface area (Å²) in [5.74, 6) is 0.580. The molecule has 0 amide bonds. The van der Waals surface area contributed by atoms with Gasteiger partial charge in [-0.1, -0.05) is 104 Å². The molecular weight excluding hydrogens is 256 g/mol. The average molecular weight is 299 g/mol. The van der Waals surface area contributed by atoms with Crippen molar-refractivity contribution in [2.75, 3.05) is 6.61 Å². The van der Waals surface area contributed by atoms with Crippen LogP contribution in [0.15, 0.2) is 0 Å². The Kier molecular flexibility index (Phi) is 18.0. The van der Waals surface area contributed by atoms with E-state index in [-0.39, 0.29) is 0 Å². The van der Waals surface area contributed by atoms with Crippen LogP contribution in [0.1, 0.15) is 117 Å². The van der Waals surface area contributed by atoms with Crippen molar-refractivity contribution >= 4 is 0 Å². The van der Waals surface area contributed by atoms with Crippen molar-refractivity contribution in [2.45, 2.75) is 117 Å². The van der Waals surface area contributed by atoms with E-state index in [0.717, 1.165) is 0 Å². The van der Waals surface area contributed by atoms with Crippen LogP contribution in [0, 0.1) is 5.92 Å². The first-order valence-electron chi connectivity index (χ1n) is 9.96. The summed E-state index contributed by atoms with van der Waals surface area (Å²) in [6.07, 6.45) is 21.9. The number of unbranched alkanes of at least 4 members (excludes halogenated alkanes) is 12. The van der Waals surface area contributed by atoms with Crippen LogP contribution in [0.5, 0.6) is 0 Å². The molecule has 1 N–H and O–H groups in total. The molecule has 0 rings (SSSR count). The second kappa shape index (κ2) is 18.0. The van der Waals surface area contributed by atoms with Gasteiger partial charge in [-0.15, -0.1) is 0 Å². The SMILES string of the molecule is CCCCCCCCCCCCC(CO)CCCCCC. The Bertz CT molecular complexity index is 179. The molecule has 1 atom stereocenters. The van der Waals surface area contributed by atoms with Gasteiger partial charge in [-0.2, -0.15) is 0 Å². The molecule has 0 bridgehead atoms. The molecule has 0 saturated carbocycles. The highest BCUT2D eigenvalue weighted by Crippen LogP contribution is 2.18. The molecule has 0 aromatic heterocycles. The van der Waals surface area contributed by atoms with E-state index in [9.17, 15) is 5.11 Å². The molecule has 128 valence electrons. The van der Waals surface area contributed by atoms with E-state index in [2.05, 4.69) is 13.8 Å². The number of aliphatic hydroxyl groups excluding tert-OH is 1. The monoisotopic (exact) mass is 298 g/mol. The first-order chi connectivity index (χ1) is 10.3. The van der Waals surface area contributed by atoms with Gasteiger partial charge >= 0.3 is 0 Å². The molecule has 0 aliphatic carbocycles. The van der Waals surface area contributed by atoms with Crippen LogP contribution < -0.4 is 0 Å². The molecule has 0 radical (unpaired) electrons. The first kappa shape index (κ1) is 21.0. The average Bonchev–Trinajstić information content (AvgIpc) is 2.51. The lowest BCUT2D eigenvalue weighted by Gasteiger charge is -2.13. The molecule has 0 aromatic carbocycles. The molecule has 0 aliphatic rings. The van der Waals surface area contributed by atoms with Crippen LogP contribution in [-0.2, 0) is 0 Å². The number of hydrogen-bond acceptors (Lipinski definition) is 1. The molecule has 1 heteroatoms. The number of aliphatic hydroxyl groups is 1. The standard InChI is InChI=1S/C20H42O/c1-3-5-7-9-10-11-12-13-14-16-18-20(19-21)17-15-8-6-4-2/h20-21H,3-19H2,1-2H3. The van der Waals surface area contributed by atoms with Crippen molar-refractivity contribution in [3.8, 4) is 0 Å². The van der Waals surface area contributed by atoms with Crippen molar-refractivity contribution in [3.63, 3.8) is 0 Å². The highest BCUT2D eigenvalue weighted by Gasteiger charge is 2.06. The van der Waals surface area contributed by atoms with Crippen LogP contribution in [-0.4, -0.2) is 11.7 Å². The summed E-state index contributed by atoms with van der Waals surface area (Å²) in [4.78, 5) is 0. The van der Waals surface area contributed by atoms with Gasteiger partial charge in [0.25, 0.3) is 0 Å².